The zero-order valence-electron chi connectivity index (χ0n) is 8.83. The first kappa shape index (κ1) is 9.66. The molecule has 0 aliphatic heterocycles. The van der Waals surface area contributed by atoms with Crippen LogP contribution >= 0.6 is 0 Å². The second-order valence-electron chi connectivity index (χ2n) is 4.30. The number of aliphatic hydroxyl groups is 1. The van der Waals surface area contributed by atoms with Crippen LogP contribution in [0.3, 0.4) is 0 Å². The van der Waals surface area contributed by atoms with Crippen molar-refractivity contribution in [2.75, 3.05) is 0 Å². The maximum atomic E-state index is 10.3. The zero-order valence-corrected chi connectivity index (χ0v) is 8.83. The Hall–Kier alpha value is -0.890. The Morgan fingerprint density at radius 2 is 2.43 bits per heavy atom. The van der Waals surface area contributed by atoms with E-state index >= 15 is 0 Å². The molecule has 2 heteroatoms. The van der Waals surface area contributed by atoms with Crippen molar-refractivity contribution in [3.63, 3.8) is 0 Å². The van der Waals surface area contributed by atoms with Gasteiger partial charge in [-0.3, -0.25) is 4.98 Å². The number of hydrogen-bond acceptors (Lipinski definition) is 2. The lowest BCUT2D eigenvalue weighted by atomic mass is 10.0. The average Bonchev–Trinajstić information content (AvgIpc) is 2.79. The summed E-state index contributed by atoms with van der Waals surface area (Å²) in [6.45, 7) is 4.18. The molecule has 0 bridgehead atoms. The Kier molecular flexibility index (Phi) is 2.31. The van der Waals surface area contributed by atoms with E-state index in [9.17, 15) is 5.11 Å². The first-order valence-corrected chi connectivity index (χ1v) is 5.32. The lowest BCUT2D eigenvalue weighted by Gasteiger charge is -2.13. The molecule has 1 heterocycles. The minimum Gasteiger partial charge on any atom is -0.385 e. The lowest BCUT2D eigenvalue weighted by Crippen LogP contribution is -2.10. The summed E-state index contributed by atoms with van der Waals surface area (Å²) in [6, 6.07) is 1.95. The van der Waals surface area contributed by atoms with Crippen molar-refractivity contribution in [2.24, 2.45) is 5.92 Å². The van der Waals surface area contributed by atoms with Crippen molar-refractivity contribution in [2.45, 2.75) is 38.7 Å². The van der Waals surface area contributed by atoms with Crippen molar-refractivity contribution >= 4 is 0 Å². The van der Waals surface area contributed by atoms with E-state index in [1.165, 1.54) is 0 Å². The summed E-state index contributed by atoms with van der Waals surface area (Å²) in [7, 11) is 0. The minimum absolute atomic E-state index is 0.466. The molecule has 1 N–H and O–H groups in total. The van der Waals surface area contributed by atoms with Crippen molar-refractivity contribution < 1.29 is 5.11 Å². The maximum absolute atomic E-state index is 10.3. The van der Waals surface area contributed by atoms with Crippen LogP contribution in [0.4, 0.5) is 0 Å². The van der Waals surface area contributed by atoms with Crippen LogP contribution in [0.15, 0.2) is 18.5 Å². The van der Waals surface area contributed by atoms with Gasteiger partial charge in [0.2, 0.25) is 0 Å². The van der Waals surface area contributed by atoms with Gasteiger partial charge in [0, 0.05) is 12.4 Å². The molecule has 1 saturated carbocycles. The summed E-state index contributed by atoms with van der Waals surface area (Å²) in [6.07, 6.45) is 6.79. The Bertz CT molecular complexity index is 337. The van der Waals surface area contributed by atoms with Gasteiger partial charge in [-0.15, -0.1) is 0 Å². The molecule has 1 fully saturated rings. The fourth-order valence-electron chi connectivity index (χ4n) is 2.30. The van der Waals surface area contributed by atoms with Crippen LogP contribution in [0.5, 0.6) is 0 Å². The number of aromatic nitrogens is 1. The largest absolute Gasteiger partial charge is 0.385 e. The van der Waals surface area contributed by atoms with Gasteiger partial charge < -0.3 is 5.11 Å². The molecule has 2 atom stereocenters. The molecule has 14 heavy (non-hydrogen) atoms. The van der Waals surface area contributed by atoms with Crippen molar-refractivity contribution in [1.82, 2.24) is 4.98 Å². The Morgan fingerprint density at radius 3 is 3.07 bits per heavy atom. The number of pyridine rings is 1. The van der Waals surface area contributed by atoms with E-state index in [1.54, 1.807) is 6.20 Å². The number of nitrogens with zero attached hydrogens (tertiary/aromatic N) is 1. The molecule has 0 aromatic carbocycles. The van der Waals surface area contributed by atoms with E-state index in [0.717, 1.165) is 30.4 Å². The Labute approximate surface area is 85.0 Å². The lowest BCUT2D eigenvalue weighted by molar-refractivity contribution is 0.128. The highest BCUT2D eigenvalue weighted by molar-refractivity contribution is 5.34. The van der Waals surface area contributed by atoms with Crippen LogP contribution < -0.4 is 0 Å². The number of hydrogen-bond donors (Lipinski definition) is 1. The first-order valence-electron chi connectivity index (χ1n) is 5.32. The van der Waals surface area contributed by atoms with Gasteiger partial charge >= 0.3 is 0 Å². The number of rotatable bonds is 3. The molecule has 2 nitrogen and oxygen atoms in total. The van der Waals surface area contributed by atoms with E-state index in [1.807, 2.05) is 19.2 Å². The maximum Gasteiger partial charge on any atom is 0.0933 e. The molecule has 1 aliphatic carbocycles. The molecule has 0 saturated heterocycles. The second-order valence-corrected chi connectivity index (χ2v) is 4.30. The van der Waals surface area contributed by atoms with Gasteiger partial charge in [-0.05, 0) is 42.9 Å². The minimum atomic E-state index is -0.539. The highest BCUT2D eigenvalue weighted by Gasteiger charge is 2.53. The fourth-order valence-corrected chi connectivity index (χ4v) is 2.30. The van der Waals surface area contributed by atoms with Crippen molar-refractivity contribution in [3.05, 3.63) is 29.6 Å². The van der Waals surface area contributed by atoms with Crippen LogP contribution in [-0.2, 0) is 5.60 Å². The second kappa shape index (κ2) is 3.35. The summed E-state index contributed by atoms with van der Waals surface area (Å²) < 4.78 is 0. The Balaban J connectivity index is 2.21. The van der Waals surface area contributed by atoms with Gasteiger partial charge in [-0.25, -0.2) is 0 Å². The molecular formula is C12H17NO. The van der Waals surface area contributed by atoms with E-state index in [2.05, 4.69) is 11.9 Å². The topological polar surface area (TPSA) is 33.1 Å². The Morgan fingerprint density at radius 1 is 1.64 bits per heavy atom. The summed E-state index contributed by atoms with van der Waals surface area (Å²) in [5, 5.41) is 10.3. The third-order valence-corrected chi connectivity index (χ3v) is 3.20. The first-order chi connectivity index (χ1) is 6.68. The molecule has 1 aromatic heterocycles. The summed E-state index contributed by atoms with van der Waals surface area (Å²) >= 11 is 0. The summed E-state index contributed by atoms with van der Waals surface area (Å²) in [5.74, 6) is 0.466. The fraction of sp³-hybridized carbons (Fsp3) is 0.583. The van der Waals surface area contributed by atoms with Gasteiger partial charge in [0.25, 0.3) is 0 Å². The molecule has 2 rings (SSSR count). The predicted octanol–water partition coefficient (Wildman–Crippen LogP) is 2.40. The molecule has 1 aliphatic rings. The summed E-state index contributed by atoms with van der Waals surface area (Å²) in [5.41, 5.74) is 1.64. The SMILES string of the molecule is CCCC1CC1(O)c1ccncc1C. The van der Waals surface area contributed by atoms with Crippen LogP contribution in [0, 0.1) is 12.8 Å². The summed E-state index contributed by atoms with van der Waals surface area (Å²) in [4.78, 5) is 4.05. The van der Waals surface area contributed by atoms with E-state index < -0.39 is 5.60 Å². The van der Waals surface area contributed by atoms with Crippen LogP contribution in [0.25, 0.3) is 0 Å². The highest BCUT2D eigenvalue weighted by Crippen LogP contribution is 2.54. The van der Waals surface area contributed by atoms with E-state index in [0.29, 0.717) is 5.92 Å². The average molecular weight is 191 g/mol. The molecule has 2 unspecified atom stereocenters. The van der Waals surface area contributed by atoms with Crippen molar-refractivity contribution in [1.29, 1.82) is 0 Å². The van der Waals surface area contributed by atoms with Gasteiger partial charge in [0.1, 0.15) is 0 Å². The molecule has 0 spiro atoms. The molecule has 0 radical (unpaired) electrons. The van der Waals surface area contributed by atoms with Gasteiger partial charge in [0.15, 0.2) is 0 Å². The molecule has 1 aromatic rings. The van der Waals surface area contributed by atoms with E-state index in [4.69, 9.17) is 0 Å². The zero-order chi connectivity index (χ0) is 10.2. The van der Waals surface area contributed by atoms with Gasteiger partial charge in [0.05, 0.1) is 5.60 Å². The monoisotopic (exact) mass is 191 g/mol. The quantitative estimate of drug-likeness (QED) is 0.795. The van der Waals surface area contributed by atoms with Gasteiger partial charge in [-0.1, -0.05) is 13.3 Å². The third kappa shape index (κ3) is 1.44. The van der Waals surface area contributed by atoms with Crippen LogP contribution in [0.2, 0.25) is 0 Å². The molecule has 0 amide bonds. The number of aryl methyl sites for hydroxylation is 1. The standard InChI is InChI=1S/C12H17NO/c1-3-4-10-7-12(10,14)11-5-6-13-8-9(11)2/h5-6,8,10,14H,3-4,7H2,1-2H3. The van der Waals surface area contributed by atoms with Crippen LogP contribution in [-0.4, -0.2) is 10.1 Å². The highest BCUT2D eigenvalue weighted by atomic mass is 16.3. The van der Waals surface area contributed by atoms with E-state index in [-0.39, 0.29) is 0 Å². The van der Waals surface area contributed by atoms with Gasteiger partial charge in [-0.2, -0.15) is 0 Å². The third-order valence-electron chi connectivity index (χ3n) is 3.20. The normalized spacial score (nSPS) is 30.4. The molecular weight excluding hydrogens is 174 g/mol. The van der Waals surface area contributed by atoms with Crippen molar-refractivity contribution in [3.8, 4) is 0 Å². The smallest absolute Gasteiger partial charge is 0.0933 e. The van der Waals surface area contributed by atoms with Crippen LogP contribution in [0.1, 0.15) is 37.3 Å². The molecule has 76 valence electrons. The predicted molar refractivity (Wildman–Crippen MR) is 55.9 cm³/mol.